The predicted molar refractivity (Wildman–Crippen MR) is 105 cm³/mol. The van der Waals surface area contributed by atoms with Crippen molar-refractivity contribution in [1.29, 1.82) is 5.26 Å². The molecule has 0 bridgehead atoms. The number of azo groups is 1. The Morgan fingerprint density at radius 1 is 0.962 bits per heavy atom. The van der Waals surface area contributed by atoms with Crippen LogP contribution in [0.4, 0.5) is 17.1 Å². The Balaban J connectivity index is 1.93. The molecule has 0 amide bonds. The number of nitrogens with zero attached hydrogens (tertiary/aromatic N) is 3. The third kappa shape index (κ3) is 6.56. The first-order chi connectivity index (χ1) is 12.7. The molecule has 2 aromatic carbocycles. The monoisotopic (exact) mass is 350 g/mol. The lowest BCUT2D eigenvalue weighted by molar-refractivity contribution is 0.305. The van der Waals surface area contributed by atoms with Crippen LogP contribution in [0, 0.1) is 11.3 Å². The van der Waals surface area contributed by atoms with E-state index in [9.17, 15) is 0 Å². The van der Waals surface area contributed by atoms with E-state index in [1.165, 1.54) is 32.1 Å². The maximum Gasteiger partial charge on any atom is 0.148 e. The van der Waals surface area contributed by atoms with Crippen molar-refractivity contribution in [3.63, 3.8) is 0 Å². The van der Waals surface area contributed by atoms with Gasteiger partial charge in [0.2, 0.25) is 0 Å². The molecule has 2 rings (SSSR count). The van der Waals surface area contributed by atoms with E-state index in [4.69, 9.17) is 15.7 Å². The summed E-state index contributed by atoms with van der Waals surface area (Å²) in [5, 5.41) is 17.3. The van der Waals surface area contributed by atoms with Crippen molar-refractivity contribution in [2.45, 2.75) is 45.4 Å². The standard InChI is InChI=1S/C21H26N4O/c1-2-3-4-5-6-7-14-26-21-15-18(23)10-13-20(21)25-24-19-11-8-17(16-22)9-12-19/h8-13,15H,2-7,14,23H2,1H3. The highest BCUT2D eigenvalue weighted by molar-refractivity contribution is 5.59. The second-order valence-corrected chi connectivity index (χ2v) is 6.20. The molecule has 0 fully saturated rings. The first-order valence-corrected chi connectivity index (χ1v) is 9.17. The van der Waals surface area contributed by atoms with E-state index in [-0.39, 0.29) is 0 Å². The van der Waals surface area contributed by atoms with E-state index in [1.54, 1.807) is 42.5 Å². The molecule has 2 aromatic rings. The van der Waals surface area contributed by atoms with Gasteiger partial charge in [-0.3, -0.25) is 0 Å². The van der Waals surface area contributed by atoms with Gasteiger partial charge in [0, 0.05) is 11.8 Å². The fourth-order valence-corrected chi connectivity index (χ4v) is 2.51. The van der Waals surface area contributed by atoms with Gasteiger partial charge in [0.05, 0.1) is 23.9 Å². The molecule has 0 saturated heterocycles. The van der Waals surface area contributed by atoms with Gasteiger partial charge in [-0.15, -0.1) is 5.11 Å². The summed E-state index contributed by atoms with van der Waals surface area (Å²) in [7, 11) is 0. The Bertz CT molecular complexity index is 748. The number of rotatable bonds is 10. The van der Waals surface area contributed by atoms with Crippen molar-refractivity contribution in [1.82, 2.24) is 0 Å². The van der Waals surface area contributed by atoms with Crippen molar-refractivity contribution in [2.24, 2.45) is 10.2 Å². The minimum absolute atomic E-state index is 0.597. The van der Waals surface area contributed by atoms with Crippen LogP contribution in [0.3, 0.4) is 0 Å². The summed E-state index contributed by atoms with van der Waals surface area (Å²) in [6, 6.07) is 14.4. The zero-order chi connectivity index (χ0) is 18.6. The molecular weight excluding hydrogens is 324 g/mol. The third-order valence-corrected chi connectivity index (χ3v) is 4.01. The SMILES string of the molecule is CCCCCCCCOc1cc(N)ccc1N=Nc1ccc(C#N)cc1. The van der Waals surface area contributed by atoms with E-state index in [0.717, 1.165) is 6.42 Å². The van der Waals surface area contributed by atoms with Crippen LogP contribution >= 0.6 is 0 Å². The molecule has 136 valence electrons. The summed E-state index contributed by atoms with van der Waals surface area (Å²) < 4.78 is 5.87. The molecule has 0 radical (unpaired) electrons. The quantitative estimate of drug-likeness (QED) is 0.310. The van der Waals surface area contributed by atoms with E-state index in [2.05, 4.69) is 23.2 Å². The van der Waals surface area contributed by atoms with Crippen LogP contribution in [-0.4, -0.2) is 6.61 Å². The van der Waals surface area contributed by atoms with Crippen molar-refractivity contribution < 1.29 is 4.74 Å². The lowest BCUT2D eigenvalue weighted by Gasteiger charge is -2.09. The first kappa shape index (κ1) is 19.5. The number of nitrogen functional groups attached to an aromatic ring is 1. The van der Waals surface area contributed by atoms with Crippen molar-refractivity contribution >= 4 is 17.1 Å². The molecule has 5 heteroatoms. The Hall–Kier alpha value is -2.87. The van der Waals surface area contributed by atoms with Gasteiger partial charge in [0.1, 0.15) is 11.4 Å². The smallest absolute Gasteiger partial charge is 0.148 e. The number of benzene rings is 2. The summed E-state index contributed by atoms with van der Waals surface area (Å²) in [5.74, 6) is 0.649. The Labute approximate surface area is 155 Å². The minimum atomic E-state index is 0.597. The van der Waals surface area contributed by atoms with Crippen LogP contribution in [-0.2, 0) is 0 Å². The van der Waals surface area contributed by atoms with Gasteiger partial charge in [0.15, 0.2) is 0 Å². The average molecular weight is 350 g/mol. The summed E-state index contributed by atoms with van der Waals surface area (Å²) in [5.41, 5.74) is 8.44. The number of nitriles is 1. The molecule has 0 aromatic heterocycles. The largest absolute Gasteiger partial charge is 0.491 e. The maximum absolute atomic E-state index is 8.83. The molecule has 0 aliphatic rings. The maximum atomic E-state index is 8.83. The predicted octanol–water partition coefficient (Wildman–Crippen LogP) is 6.30. The molecule has 0 aliphatic heterocycles. The van der Waals surface area contributed by atoms with Crippen molar-refractivity contribution in [3.05, 3.63) is 48.0 Å². The minimum Gasteiger partial charge on any atom is -0.491 e. The highest BCUT2D eigenvalue weighted by Gasteiger charge is 2.04. The molecule has 26 heavy (non-hydrogen) atoms. The summed E-state index contributed by atoms with van der Waals surface area (Å²) in [6.07, 6.45) is 7.29. The van der Waals surface area contributed by atoms with Crippen LogP contribution in [0.5, 0.6) is 5.75 Å². The number of hydrogen-bond acceptors (Lipinski definition) is 5. The third-order valence-electron chi connectivity index (χ3n) is 4.01. The van der Waals surface area contributed by atoms with Crippen LogP contribution in [0.15, 0.2) is 52.7 Å². The molecular formula is C21H26N4O. The van der Waals surface area contributed by atoms with Crippen molar-refractivity contribution in [2.75, 3.05) is 12.3 Å². The van der Waals surface area contributed by atoms with Gasteiger partial charge in [-0.1, -0.05) is 39.0 Å². The molecule has 2 N–H and O–H groups in total. The van der Waals surface area contributed by atoms with E-state index in [1.807, 2.05) is 0 Å². The Kier molecular flexibility index (Phi) is 8.14. The fourth-order valence-electron chi connectivity index (χ4n) is 2.51. The van der Waals surface area contributed by atoms with Gasteiger partial charge in [-0.05, 0) is 42.8 Å². The number of anilines is 1. The number of nitrogens with two attached hydrogens (primary N) is 1. The summed E-state index contributed by atoms with van der Waals surface area (Å²) in [4.78, 5) is 0. The van der Waals surface area contributed by atoms with Crippen LogP contribution in [0.25, 0.3) is 0 Å². The second kappa shape index (κ2) is 10.9. The summed E-state index contributed by atoms with van der Waals surface area (Å²) in [6.45, 7) is 2.87. The average Bonchev–Trinajstić information content (AvgIpc) is 2.67. The number of hydrogen-bond donors (Lipinski definition) is 1. The zero-order valence-electron chi connectivity index (χ0n) is 15.3. The normalized spacial score (nSPS) is 10.8. The molecule has 0 atom stereocenters. The highest BCUT2D eigenvalue weighted by Crippen LogP contribution is 2.31. The van der Waals surface area contributed by atoms with E-state index >= 15 is 0 Å². The first-order valence-electron chi connectivity index (χ1n) is 9.17. The molecule has 0 aliphatic carbocycles. The molecule has 0 saturated carbocycles. The lowest BCUT2D eigenvalue weighted by atomic mass is 10.1. The van der Waals surface area contributed by atoms with Gasteiger partial charge in [0.25, 0.3) is 0 Å². The zero-order valence-corrected chi connectivity index (χ0v) is 15.3. The fraction of sp³-hybridized carbons (Fsp3) is 0.381. The molecule has 0 heterocycles. The van der Waals surface area contributed by atoms with Crippen LogP contribution < -0.4 is 10.5 Å². The Morgan fingerprint density at radius 2 is 1.69 bits per heavy atom. The van der Waals surface area contributed by atoms with Crippen LogP contribution in [0.1, 0.15) is 51.0 Å². The van der Waals surface area contributed by atoms with Gasteiger partial charge in [-0.25, -0.2) is 0 Å². The summed E-state index contributed by atoms with van der Waals surface area (Å²) >= 11 is 0. The topological polar surface area (TPSA) is 83.8 Å². The second-order valence-electron chi connectivity index (χ2n) is 6.20. The molecule has 0 unspecified atom stereocenters. The highest BCUT2D eigenvalue weighted by atomic mass is 16.5. The van der Waals surface area contributed by atoms with Gasteiger partial charge < -0.3 is 10.5 Å². The van der Waals surface area contributed by atoms with Crippen LogP contribution in [0.2, 0.25) is 0 Å². The van der Waals surface area contributed by atoms with E-state index in [0.29, 0.717) is 35.0 Å². The lowest BCUT2D eigenvalue weighted by Crippen LogP contribution is -1.98. The van der Waals surface area contributed by atoms with Gasteiger partial charge in [-0.2, -0.15) is 10.4 Å². The Morgan fingerprint density at radius 3 is 2.42 bits per heavy atom. The van der Waals surface area contributed by atoms with Crippen molar-refractivity contribution in [3.8, 4) is 11.8 Å². The molecule has 0 spiro atoms. The number of unbranched alkanes of at least 4 members (excludes halogenated alkanes) is 5. The van der Waals surface area contributed by atoms with E-state index < -0.39 is 0 Å². The number of ether oxygens (including phenoxy) is 1. The van der Waals surface area contributed by atoms with Gasteiger partial charge >= 0.3 is 0 Å². The molecule has 5 nitrogen and oxygen atoms in total.